The van der Waals surface area contributed by atoms with Gasteiger partial charge in [0.15, 0.2) is 0 Å². The molecule has 0 radical (unpaired) electrons. The number of carboxylic acids is 1. The Labute approximate surface area is 105 Å². The molecule has 0 aromatic carbocycles. The Hall–Kier alpha value is -2.05. The number of aryl methyl sites for hydroxylation is 1. The van der Waals surface area contributed by atoms with Gasteiger partial charge in [0.2, 0.25) is 0 Å². The number of carboxylic acid groups (broad SMARTS) is 1. The standard InChI is InChI=1S/C11H18N4O3/c1-6(2)9(10(16)17)14-11(18)12-4-8-5-13-15-7(8)3/h5-6,9H,4H2,1-3H3,(H,13,15)(H,16,17)(H2,12,14,18). The first-order valence-corrected chi connectivity index (χ1v) is 5.67. The molecule has 7 heteroatoms. The molecular weight excluding hydrogens is 236 g/mol. The van der Waals surface area contributed by atoms with Crippen molar-refractivity contribution in [3.63, 3.8) is 0 Å². The molecule has 1 rings (SSSR count). The van der Waals surface area contributed by atoms with Gasteiger partial charge in [-0.2, -0.15) is 5.10 Å². The normalized spacial score (nSPS) is 12.2. The van der Waals surface area contributed by atoms with E-state index < -0.39 is 18.0 Å². The van der Waals surface area contributed by atoms with Crippen molar-refractivity contribution in [2.45, 2.75) is 33.4 Å². The molecule has 0 aliphatic carbocycles. The van der Waals surface area contributed by atoms with Crippen LogP contribution < -0.4 is 10.6 Å². The zero-order valence-corrected chi connectivity index (χ0v) is 10.7. The summed E-state index contributed by atoms with van der Waals surface area (Å²) in [5, 5.41) is 20.5. The van der Waals surface area contributed by atoms with Crippen LogP contribution in [0.25, 0.3) is 0 Å². The largest absolute Gasteiger partial charge is 0.480 e. The van der Waals surface area contributed by atoms with E-state index in [4.69, 9.17) is 5.11 Å². The minimum atomic E-state index is -1.04. The van der Waals surface area contributed by atoms with Gasteiger partial charge < -0.3 is 15.7 Å². The lowest BCUT2D eigenvalue weighted by Crippen LogP contribution is -2.48. The number of amides is 2. The Bertz CT molecular complexity index is 428. The second kappa shape index (κ2) is 6.04. The quantitative estimate of drug-likeness (QED) is 0.618. The van der Waals surface area contributed by atoms with Crippen LogP contribution in [0.4, 0.5) is 4.79 Å². The topological polar surface area (TPSA) is 107 Å². The van der Waals surface area contributed by atoms with Gasteiger partial charge >= 0.3 is 12.0 Å². The minimum Gasteiger partial charge on any atom is -0.480 e. The summed E-state index contributed by atoms with van der Waals surface area (Å²) in [5.41, 5.74) is 1.73. The number of nitrogens with zero attached hydrogens (tertiary/aromatic N) is 1. The van der Waals surface area contributed by atoms with Crippen LogP contribution in [-0.4, -0.2) is 33.3 Å². The molecular formula is C11H18N4O3. The fraction of sp³-hybridized carbons (Fsp3) is 0.545. The number of carbonyl (C=O) groups excluding carboxylic acids is 1. The highest BCUT2D eigenvalue weighted by molar-refractivity contribution is 5.82. The number of hydrogen-bond acceptors (Lipinski definition) is 3. The molecule has 0 saturated heterocycles. The Kier molecular flexibility index (Phi) is 4.70. The van der Waals surface area contributed by atoms with Crippen molar-refractivity contribution in [2.75, 3.05) is 0 Å². The fourth-order valence-corrected chi connectivity index (χ4v) is 1.44. The number of H-pyrrole nitrogens is 1. The number of rotatable bonds is 5. The molecule has 1 aromatic rings. The number of urea groups is 1. The van der Waals surface area contributed by atoms with E-state index in [1.807, 2.05) is 6.92 Å². The van der Waals surface area contributed by atoms with Gasteiger partial charge in [0.05, 0.1) is 6.20 Å². The van der Waals surface area contributed by atoms with Gasteiger partial charge in [-0.15, -0.1) is 0 Å². The summed E-state index contributed by atoms with van der Waals surface area (Å²) in [5.74, 6) is -1.22. The average Bonchev–Trinajstić information content (AvgIpc) is 2.68. The average molecular weight is 254 g/mol. The number of aliphatic carboxylic acids is 1. The molecule has 18 heavy (non-hydrogen) atoms. The van der Waals surface area contributed by atoms with Crippen LogP contribution in [0.15, 0.2) is 6.20 Å². The fourth-order valence-electron chi connectivity index (χ4n) is 1.44. The van der Waals surface area contributed by atoms with Gasteiger partial charge in [-0.25, -0.2) is 9.59 Å². The highest BCUT2D eigenvalue weighted by atomic mass is 16.4. The number of carbonyl (C=O) groups is 2. The van der Waals surface area contributed by atoms with E-state index in [2.05, 4.69) is 20.8 Å². The highest BCUT2D eigenvalue weighted by Crippen LogP contribution is 2.03. The van der Waals surface area contributed by atoms with E-state index >= 15 is 0 Å². The molecule has 1 atom stereocenters. The zero-order chi connectivity index (χ0) is 13.7. The smallest absolute Gasteiger partial charge is 0.326 e. The predicted octanol–water partition coefficient (Wildman–Crippen LogP) is 0.627. The molecule has 2 amide bonds. The maximum atomic E-state index is 11.6. The van der Waals surface area contributed by atoms with Crippen LogP contribution in [0.1, 0.15) is 25.1 Å². The molecule has 1 unspecified atom stereocenters. The van der Waals surface area contributed by atoms with E-state index in [0.29, 0.717) is 6.54 Å². The third-order valence-electron chi connectivity index (χ3n) is 2.59. The lowest BCUT2D eigenvalue weighted by molar-refractivity contribution is -0.140. The second-order valence-corrected chi connectivity index (χ2v) is 4.41. The third kappa shape index (κ3) is 3.76. The van der Waals surface area contributed by atoms with Crippen molar-refractivity contribution < 1.29 is 14.7 Å². The Morgan fingerprint density at radius 2 is 2.17 bits per heavy atom. The number of nitrogens with one attached hydrogen (secondary N) is 3. The molecule has 1 aromatic heterocycles. The minimum absolute atomic E-state index is 0.177. The predicted molar refractivity (Wildman–Crippen MR) is 65.0 cm³/mol. The first kappa shape index (κ1) is 14.0. The summed E-state index contributed by atoms with van der Waals surface area (Å²) in [4.78, 5) is 22.5. The Balaban J connectivity index is 2.46. The van der Waals surface area contributed by atoms with Crippen molar-refractivity contribution in [3.05, 3.63) is 17.5 Å². The van der Waals surface area contributed by atoms with Gasteiger partial charge in [0.1, 0.15) is 6.04 Å². The summed E-state index contributed by atoms with van der Waals surface area (Å²) in [7, 11) is 0. The lowest BCUT2D eigenvalue weighted by Gasteiger charge is -2.18. The van der Waals surface area contributed by atoms with Gasteiger partial charge in [0, 0.05) is 17.8 Å². The lowest BCUT2D eigenvalue weighted by atomic mass is 10.1. The second-order valence-electron chi connectivity index (χ2n) is 4.41. The van der Waals surface area contributed by atoms with Crippen LogP contribution in [0.5, 0.6) is 0 Å². The number of aromatic nitrogens is 2. The van der Waals surface area contributed by atoms with Gasteiger partial charge in [-0.05, 0) is 12.8 Å². The number of aromatic amines is 1. The van der Waals surface area contributed by atoms with Crippen LogP contribution in [0, 0.1) is 12.8 Å². The van der Waals surface area contributed by atoms with Crippen LogP contribution in [0.2, 0.25) is 0 Å². The maximum absolute atomic E-state index is 11.6. The van der Waals surface area contributed by atoms with Crippen molar-refractivity contribution in [1.82, 2.24) is 20.8 Å². The summed E-state index contributed by atoms with van der Waals surface area (Å²) in [6.45, 7) is 5.62. The summed E-state index contributed by atoms with van der Waals surface area (Å²) in [6, 6.07) is -1.40. The van der Waals surface area contributed by atoms with Gasteiger partial charge in [-0.3, -0.25) is 5.10 Å². The molecule has 0 bridgehead atoms. The first-order chi connectivity index (χ1) is 8.41. The molecule has 0 spiro atoms. The van der Waals surface area contributed by atoms with E-state index in [1.54, 1.807) is 20.0 Å². The maximum Gasteiger partial charge on any atom is 0.326 e. The molecule has 4 N–H and O–H groups in total. The Morgan fingerprint density at radius 3 is 2.61 bits per heavy atom. The Morgan fingerprint density at radius 1 is 1.50 bits per heavy atom. The third-order valence-corrected chi connectivity index (χ3v) is 2.59. The van der Waals surface area contributed by atoms with Crippen molar-refractivity contribution in [1.29, 1.82) is 0 Å². The van der Waals surface area contributed by atoms with Crippen LogP contribution >= 0.6 is 0 Å². The molecule has 1 heterocycles. The molecule has 0 saturated carbocycles. The van der Waals surface area contributed by atoms with Gasteiger partial charge in [-0.1, -0.05) is 13.8 Å². The molecule has 0 fully saturated rings. The van der Waals surface area contributed by atoms with Crippen LogP contribution in [-0.2, 0) is 11.3 Å². The first-order valence-electron chi connectivity index (χ1n) is 5.67. The monoisotopic (exact) mass is 254 g/mol. The zero-order valence-electron chi connectivity index (χ0n) is 10.7. The summed E-state index contributed by atoms with van der Waals surface area (Å²) in [6.07, 6.45) is 1.62. The van der Waals surface area contributed by atoms with Crippen molar-refractivity contribution >= 4 is 12.0 Å². The molecule has 100 valence electrons. The number of hydrogen-bond donors (Lipinski definition) is 4. The highest BCUT2D eigenvalue weighted by Gasteiger charge is 2.23. The molecule has 7 nitrogen and oxygen atoms in total. The summed E-state index contributed by atoms with van der Waals surface area (Å²) < 4.78 is 0. The molecule has 0 aliphatic heterocycles. The van der Waals surface area contributed by atoms with Crippen molar-refractivity contribution in [3.8, 4) is 0 Å². The SMILES string of the molecule is Cc1[nH]ncc1CNC(=O)NC(C(=O)O)C(C)C. The van der Waals surface area contributed by atoms with Gasteiger partial charge in [0.25, 0.3) is 0 Å². The summed E-state index contributed by atoms with van der Waals surface area (Å²) >= 11 is 0. The van der Waals surface area contributed by atoms with E-state index in [0.717, 1.165) is 11.3 Å². The van der Waals surface area contributed by atoms with Crippen LogP contribution in [0.3, 0.4) is 0 Å². The van der Waals surface area contributed by atoms with E-state index in [-0.39, 0.29) is 5.92 Å². The van der Waals surface area contributed by atoms with E-state index in [9.17, 15) is 9.59 Å². The van der Waals surface area contributed by atoms with E-state index in [1.165, 1.54) is 0 Å². The molecule has 0 aliphatic rings. The van der Waals surface area contributed by atoms with Crippen molar-refractivity contribution in [2.24, 2.45) is 5.92 Å².